The lowest BCUT2D eigenvalue weighted by Gasteiger charge is -2.16. The van der Waals surface area contributed by atoms with E-state index in [1.165, 1.54) is 120 Å². The van der Waals surface area contributed by atoms with Gasteiger partial charge >= 0.3 is 0 Å². The molecular weight excluding hydrogens is 821 g/mol. The number of hydrogen-bond donors (Lipinski definition) is 0. The average Bonchev–Trinajstić information content (AvgIpc) is 3.95. The lowest BCUT2D eigenvalue weighted by molar-refractivity contribution is 1.14. The Morgan fingerprint density at radius 1 is 0.206 bits per heavy atom. The second-order valence-corrected chi connectivity index (χ2v) is 18.1. The molecule has 0 radical (unpaired) electrons. The highest BCUT2D eigenvalue weighted by molar-refractivity contribution is 6.24. The van der Waals surface area contributed by atoms with Gasteiger partial charge in [-0.05, 0) is 114 Å². The Morgan fingerprint density at radius 2 is 0.500 bits per heavy atom. The Bertz CT molecular complexity index is 4000. The third-order valence-corrected chi connectivity index (χ3v) is 14.2. The van der Waals surface area contributed by atoms with Crippen LogP contribution in [-0.2, 0) is 0 Å². The van der Waals surface area contributed by atoms with Crippen molar-refractivity contribution >= 4 is 75.7 Å². The molecule has 0 saturated carbocycles. The quantitative estimate of drug-likeness (QED) is 0.147. The molecule has 0 aliphatic rings. The fourth-order valence-electron chi connectivity index (χ4n) is 11.1. The summed E-state index contributed by atoms with van der Waals surface area (Å²) in [6, 6.07) is 94.1. The van der Waals surface area contributed by atoms with Gasteiger partial charge in [-0.2, -0.15) is 0 Å². The molecule has 0 fully saturated rings. The van der Waals surface area contributed by atoms with Crippen LogP contribution in [0.4, 0.5) is 0 Å². The predicted octanol–water partition coefficient (Wildman–Crippen LogP) is 18.0. The summed E-state index contributed by atoms with van der Waals surface area (Å²) in [5.74, 6) is 0. The summed E-state index contributed by atoms with van der Waals surface area (Å²) in [4.78, 5) is 0. The van der Waals surface area contributed by atoms with Crippen molar-refractivity contribution in [3.05, 3.63) is 255 Å². The van der Waals surface area contributed by atoms with Crippen molar-refractivity contribution in [2.75, 3.05) is 0 Å². The summed E-state index contributed by atoms with van der Waals surface area (Å²) >= 11 is 0. The zero-order chi connectivity index (χ0) is 44.7. The summed E-state index contributed by atoms with van der Waals surface area (Å²) < 4.78 is 5.11. The Morgan fingerprint density at radius 3 is 0.868 bits per heavy atom. The van der Waals surface area contributed by atoms with Crippen LogP contribution in [-0.4, -0.2) is 9.13 Å². The standard InChI is InChI=1S/C66H42N2/c1-5-17-43(18-6-1)61-59-35-33-58-57(65(59)67(63(61)45-21-9-3-10-22-45)55-31-29-51-37-47-25-13-15-27-49(47)39-53(51)41-55)34-36-60-62(44-19-7-2-8-20-44)64(46-23-11-4-12-24-46)68(66(58)60)56-32-30-52-38-48-26-14-16-28-50(48)40-54(52)42-56/h1-42H. The third kappa shape index (κ3) is 5.98. The third-order valence-electron chi connectivity index (χ3n) is 14.2. The van der Waals surface area contributed by atoms with Crippen molar-refractivity contribution in [2.24, 2.45) is 0 Å². The molecule has 316 valence electrons. The fraction of sp³-hybridized carbons (Fsp3) is 0. The first kappa shape index (κ1) is 38.3. The number of benzene rings is 12. The first-order valence-corrected chi connectivity index (χ1v) is 23.5. The zero-order valence-corrected chi connectivity index (χ0v) is 37.1. The Kier molecular flexibility index (Phi) is 8.62. The van der Waals surface area contributed by atoms with Crippen LogP contribution in [0.25, 0.3) is 132 Å². The van der Waals surface area contributed by atoms with E-state index in [2.05, 4.69) is 264 Å². The van der Waals surface area contributed by atoms with Crippen LogP contribution in [0.2, 0.25) is 0 Å². The summed E-state index contributed by atoms with van der Waals surface area (Å²) in [6.45, 7) is 0. The van der Waals surface area contributed by atoms with Crippen LogP contribution in [0.1, 0.15) is 0 Å². The maximum Gasteiger partial charge on any atom is 0.0620 e. The number of rotatable bonds is 6. The van der Waals surface area contributed by atoms with E-state index in [4.69, 9.17) is 0 Å². The molecule has 0 atom stereocenters. The molecule has 0 bridgehead atoms. The van der Waals surface area contributed by atoms with E-state index in [1.807, 2.05) is 0 Å². The number of nitrogens with zero attached hydrogens (tertiary/aromatic N) is 2. The van der Waals surface area contributed by atoms with Crippen molar-refractivity contribution in [3.8, 4) is 56.1 Å². The van der Waals surface area contributed by atoms with Gasteiger partial charge in [-0.1, -0.05) is 206 Å². The topological polar surface area (TPSA) is 9.86 Å². The van der Waals surface area contributed by atoms with Gasteiger partial charge in [0, 0.05) is 44.0 Å². The lowest BCUT2D eigenvalue weighted by atomic mass is 9.95. The monoisotopic (exact) mass is 862 g/mol. The minimum absolute atomic E-state index is 1.12. The van der Waals surface area contributed by atoms with Gasteiger partial charge < -0.3 is 9.13 Å². The van der Waals surface area contributed by atoms with E-state index in [-0.39, 0.29) is 0 Å². The van der Waals surface area contributed by atoms with E-state index >= 15 is 0 Å². The molecule has 68 heavy (non-hydrogen) atoms. The smallest absolute Gasteiger partial charge is 0.0620 e. The number of aromatic nitrogens is 2. The largest absolute Gasteiger partial charge is 0.308 e. The zero-order valence-electron chi connectivity index (χ0n) is 37.1. The molecule has 0 saturated heterocycles. The van der Waals surface area contributed by atoms with Crippen molar-refractivity contribution in [1.29, 1.82) is 0 Å². The minimum atomic E-state index is 1.12. The molecular formula is C66H42N2. The number of hydrogen-bond acceptors (Lipinski definition) is 0. The van der Waals surface area contributed by atoms with Crippen LogP contribution in [0.15, 0.2) is 255 Å². The normalized spacial score (nSPS) is 11.8. The summed E-state index contributed by atoms with van der Waals surface area (Å²) in [6.07, 6.45) is 0. The Labute approximate surface area is 393 Å². The maximum absolute atomic E-state index is 2.56. The van der Waals surface area contributed by atoms with Gasteiger partial charge in [0.2, 0.25) is 0 Å². The number of fused-ring (bicyclic) bond motifs is 9. The highest BCUT2D eigenvalue weighted by atomic mass is 15.0. The van der Waals surface area contributed by atoms with Crippen molar-refractivity contribution < 1.29 is 0 Å². The lowest BCUT2D eigenvalue weighted by Crippen LogP contribution is -2.00. The average molecular weight is 863 g/mol. The molecule has 2 aromatic heterocycles. The highest BCUT2D eigenvalue weighted by Gasteiger charge is 2.27. The minimum Gasteiger partial charge on any atom is -0.308 e. The molecule has 0 unspecified atom stereocenters. The summed E-state index contributed by atoms with van der Waals surface area (Å²) in [5.41, 5.74) is 14.1. The van der Waals surface area contributed by atoms with Gasteiger partial charge in [-0.3, -0.25) is 0 Å². The van der Waals surface area contributed by atoms with Gasteiger partial charge in [0.1, 0.15) is 0 Å². The van der Waals surface area contributed by atoms with Gasteiger partial charge in [-0.25, -0.2) is 0 Å². The first-order valence-electron chi connectivity index (χ1n) is 23.5. The van der Waals surface area contributed by atoms with Crippen LogP contribution >= 0.6 is 0 Å². The second-order valence-electron chi connectivity index (χ2n) is 18.1. The van der Waals surface area contributed by atoms with E-state index in [9.17, 15) is 0 Å². The van der Waals surface area contributed by atoms with Gasteiger partial charge in [0.25, 0.3) is 0 Å². The molecule has 2 heteroatoms. The van der Waals surface area contributed by atoms with E-state index in [1.54, 1.807) is 0 Å². The van der Waals surface area contributed by atoms with Crippen LogP contribution < -0.4 is 0 Å². The SMILES string of the molecule is c1ccc(-c2c(-c3ccccc3)n(-c3ccc4cc5ccccc5cc4c3)c3c2ccc2c3ccc3c(-c4ccccc4)c(-c4ccccc4)n(-c4ccc5cc6ccccc6cc5c4)c32)cc1. The second kappa shape index (κ2) is 15.3. The molecule has 14 rings (SSSR count). The predicted molar refractivity (Wildman–Crippen MR) is 289 cm³/mol. The van der Waals surface area contributed by atoms with Crippen LogP contribution in [0.3, 0.4) is 0 Å². The van der Waals surface area contributed by atoms with Gasteiger partial charge in [0.05, 0.1) is 22.4 Å². The van der Waals surface area contributed by atoms with Crippen LogP contribution in [0.5, 0.6) is 0 Å². The first-order chi connectivity index (χ1) is 33.7. The molecule has 2 nitrogen and oxygen atoms in total. The molecule has 0 amide bonds. The fourth-order valence-corrected chi connectivity index (χ4v) is 11.1. The molecule has 14 aromatic rings. The molecule has 12 aromatic carbocycles. The Hall–Kier alpha value is -8.98. The molecule has 0 aliphatic heterocycles. The van der Waals surface area contributed by atoms with Crippen LogP contribution in [0, 0.1) is 0 Å². The van der Waals surface area contributed by atoms with E-state index < -0.39 is 0 Å². The van der Waals surface area contributed by atoms with E-state index in [0.717, 1.165) is 11.4 Å². The van der Waals surface area contributed by atoms with E-state index in [0.29, 0.717) is 0 Å². The van der Waals surface area contributed by atoms with Gasteiger partial charge in [-0.15, -0.1) is 0 Å². The van der Waals surface area contributed by atoms with Crippen molar-refractivity contribution in [3.63, 3.8) is 0 Å². The molecule has 0 aliphatic carbocycles. The van der Waals surface area contributed by atoms with Gasteiger partial charge in [0.15, 0.2) is 0 Å². The molecule has 0 N–H and O–H groups in total. The maximum atomic E-state index is 2.56. The van der Waals surface area contributed by atoms with Crippen molar-refractivity contribution in [1.82, 2.24) is 9.13 Å². The Balaban J connectivity index is 1.16. The molecule has 2 heterocycles. The summed E-state index contributed by atoms with van der Waals surface area (Å²) in [7, 11) is 0. The molecule has 0 spiro atoms. The highest BCUT2D eigenvalue weighted by Crippen LogP contribution is 2.50. The summed E-state index contributed by atoms with van der Waals surface area (Å²) in [5, 5.41) is 14.7. The van der Waals surface area contributed by atoms with Crippen molar-refractivity contribution in [2.45, 2.75) is 0 Å².